The summed E-state index contributed by atoms with van der Waals surface area (Å²) in [5.74, 6) is 1.73. The first-order valence-electron chi connectivity index (χ1n) is 8.58. The van der Waals surface area contributed by atoms with Crippen molar-refractivity contribution in [2.75, 3.05) is 0 Å². The van der Waals surface area contributed by atoms with E-state index in [0.717, 1.165) is 29.7 Å². The molecule has 1 heterocycles. The lowest BCUT2D eigenvalue weighted by molar-refractivity contribution is 0.578. The average Bonchev–Trinajstić information content (AvgIpc) is 3.03. The van der Waals surface area contributed by atoms with Crippen LogP contribution in [0.4, 0.5) is 0 Å². The minimum Gasteiger partial charge on any atom is -0.321 e. The maximum Gasteiger partial charge on any atom is 0.191 e. The molecule has 2 aromatic carbocycles. The van der Waals surface area contributed by atoms with Crippen LogP contribution in [0.5, 0.6) is 0 Å². The second-order valence-corrected chi connectivity index (χ2v) is 7.15. The van der Waals surface area contributed by atoms with Gasteiger partial charge in [-0.25, -0.2) is 0 Å². The van der Waals surface area contributed by atoms with Gasteiger partial charge in [0, 0.05) is 5.75 Å². The van der Waals surface area contributed by atoms with Gasteiger partial charge in [0.05, 0.1) is 12.6 Å². The molecular formula is C20H24N4S. The standard InChI is InChI=1S/C20H24N4S/c1-3-18(21)19-22-23-20(24(19)13-16-9-5-4-6-10-16)25-14-17-11-7-8-15(2)12-17/h4-12,18H,3,13-14,21H2,1-2H3. The highest BCUT2D eigenvalue weighted by Crippen LogP contribution is 2.25. The Morgan fingerprint density at radius 2 is 1.80 bits per heavy atom. The average molecular weight is 353 g/mol. The number of benzene rings is 2. The molecule has 0 spiro atoms. The third-order valence-corrected chi connectivity index (χ3v) is 5.19. The molecule has 3 rings (SSSR count). The lowest BCUT2D eigenvalue weighted by atomic mass is 10.2. The van der Waals surface area contributed by atoms with Crippen molar-refractivity contribution >= 4 is 11.8 Å². The summed E-state index contributed by atoms with van der Waals surface area (Å²) >= 11 is 1.71. The van der Waals surface area contributed by atoms with Crippen LogP contribution in [0.3, 0.4) is 0 Å². The highest BCUT2D eigenvalue weighted by atomic mass is 32.2. The Morgan fingerprint density at radius 3 is 2.52 bits per heavy atom. The maximum absolute atomic E-state index is 6.26. The lowest BCUT2D eigenvalue weighted by Crippen LogP contribution is -2.17. The van der Waals surface area contributed by atoms with Crippen LogP contribution in [0, 0.1) is 6.92 Å². The summed E-state index contributed by atoms with van der Waals surface area (Å²) in [4.78, 5) is 0. The zero-order valence-corrected chi connectivity index (χ0v) is 15.5. The van der Waals surface area contributed by atoms with Crippen LogP contribution < -0.4 is 5.73 Å². The summed E-state index contributed by atoms with van der Waals surface area (Å²) in [6, 6.07) is 18.9. The molecule has 0 saturated carbocycles. The van der Waals surface area contributed by atoms with Crippen molar-refractivity contribution in [2.45, 2.75) is 43.8 Å². The number of hydrogen-bond donors (Lipinski definition) is 1. The van der Waals surface area contributed by atoms with Crippen LogP contribution in [0.15, 0.2) is 59.8 Å². The number of aromatic nitrogens is 3. The number of hydrogen-bond acceptors (Lipinski definition) is 4. The molecule has 1 atom stereocenters. The highest BCUT2D eigenvalue weighted by molar-refractivity contribution is 7.98. The summed E-state index contributed by atoms with van der Waals surface area (Å²) in [6.07, 6.45) is 0.843. The van der Waals surface area contributed by atoms with Gasteiger partial charge >= 0.3 is 0 Å². The third kappa shape index (κ3) is 4.50. The maximum atomic E-state index is 6.26. The van der Waals surface area contributed by atoms with Crippen molar-refractivity contribution in [3.8, 4) is 0 Å². The normalized spacial score (nSPS) is 12.3. The predicted octanol–water partition coefficient (Wildman–Crippen LogP) is 4.34. The van der Waals surface area contributed by atoms with Crippen molar-refractivity contribution in [1.29, 1.82) is 0 Å². The summed E-state index contributed by atoms with van der Waals surface area (Å²) in [6.45, 7) is 4.93. The molecule has 0 aliphatic heterocycles. The van der Waals surface area contributed by atoms with E-state index in [9.17, 15) is 0 Å². The third-order valence-electron chi connectivity index (χ3n) is 4.15. The largest absolute Gasteiger partial charge is 0.321 e. The van der Waals surface area contributed by atoms with E-state index >= 15 is 0 Å². The molecule has 0 aliphatic carbocycles. The van der Waals surface area contributed by atoms with Crippen molar-refractivity contribution in [3.05, 3.63) is 77.1 Å². The van der Waals surface area contributed by atoms with Gasteiger partial charge in [-0.2, -0.15) is 0 Å². The molecular weight excluding hydrogens is 328 g/mol. The van der Waals surface area contributed by atoms with Crippen LogP contribution in [0.25, 0.3) is 0 Å². The zero-order chi connectivity index (χ0) is 17.6. The lowest BCUT2D eigenvalue weighted by Gasteiger charge is -2.13. The van der Waals surface area contributed by atoms with E-state index in [1.165, 1.54) is 16.7 Å². The first-order valence-corrected chi connectivity index (χ1v) is 9.57. The zero-order valence-electron chi connectivity index (χ0n) is 14.7. The molecule has 0 radical (unpaired) electrons. The molecule has 0 saturated heterocycles. The molecule has 0 fully saturated rings. The first-order chi connectivity index (χ1) is 12.2. The van der Waals surface area contributed by atoms with Gasteiger partial charge in [-0.05, 0) is 24.5 Å². The van der Waals surface area contributed by atoms with Crippen molar-refractivity contribution in [2.24, 2.45) is 5.73 Å². The van der Waals surface area contributed by atoms with Crippen molar-refractivity contribution in [3.63, 3.8) is 0 Å². The molecule has 0 amide bonds. The second kappa shape index (κ2) is 8.32. The van der Waals surface area contributed by atoms with E-state index in [-0.39, 0.29) is 6.04 Å². The summed E-state index contributed by atoms with van der Waals surface area (Å²) in [7, 11) is 0. The Morgan fingerprint density at radius 1 is 1.04 bits per heavy atom. The monoisotopic (exact) mass is 352 g/mol. The van der Waals surface area contributed by atoms with E-state index in [2.05, 4.69) is 77.1 Å². The van der Waals surface area contributed by atoms with E-state index in [0.29, 0.717) is 0 Å². The number of rotatable bonds is 7. The number of nitrogens with two attached hydrogens (primary N) is 1. The van der Waals surface area contributed by atoms with Gasteiger partial charge in [0.2, 0.25) is 0 Å². The van der Waals surface area contributed by atoms with Gasteiger partial charge in [0.15, 0.2) is 11.0 Å². The van der Waals surface area contributed by atoms with Gasteiger partial charge in [-0.3, -0.25) is 0 Å². The van der Waals surface area contributed by atoms with E-state index < -0.39 is 0 Å². The molecule has 0 bridgehead atoms. The summed E-state index contributed by atoms with van der Waals surface area (Å²) in [5.41, 5.74) is 10.1. The smallest absolute Gasteiger partial charge is 0.191 e. The Labute approximate surface area is 153 Å². The molecule has 0 aliphatic rings. The fourth-order valence-electron chi connectivity index (χ4n) is 2.73. The Kier molecular flexibility index (Phi) is 5.89. The van der Waals surface area contributed by atoms with E-state index in [4.69, 9.17) is 5.73 Å². The van der Waals surface area contributed by atoms with Gasteiger partial charge < -0.3 is 10.3 Å². The van der Waals surface area contributed by atoms with Crippen LogP contribution in [-0.4, -0.2) is 14.8 Å². The molecule has 4 nitrogen and oxygen atoms in total. The molecule has 3 aromatic rings. The first kappa shape index (κ1) is 17.7. The fourth-order valence-corrected chi connectivity index (χ4v) is 3.62. The number of thioether (sulfide) groups is 1. The highest BCUT2D eigenvalue weighted by Gasteiger charge is 2.17. The Bertz CT molecular complexity index is 814. The van der Waals surface area contributed by atoms with Crippen LogP contribution in [0.1, 0.15) is 41.9 Å². The molecule has 130 valence electrons. The minimum absolute atomic E-state index is 0.0930. The molecule has 5 heteroatoms. The Hall–Kier alpha value is -2.11. The van der Waals surface area contributed by atoms with E-state index in [1.807, 2.05) is 6.07 Å². The van der Waals surface area contributed by atoms with Crippen LogP contribution >= 0.6 is 11.8 Å². The topological polar surface area (TPSA) is 56.7 Å². The Balaban J connectivity index is 1.84. The van der Waals surface area contributed by atoms with Gasteiger partial charge in [0.25, 0.3) is 0 Å². The summed E-state index contributed by atoms with van der Waals surface area (Å²) < 4.78 is 2.16. The SMILES string of the molecule is CCC(N)c1nnc(SCc2cccc(C)c2)n1Cc1ccccc1. The quantitative estimate of drug-likeness (QED) is 0.643. The van der Waals surface area contributed by atoms with Gasteiger partial charge in [-0.15, -0.1) is 10.2 Å². The van der Waals surface area contributed by atoms with Gasteiger partial charge in [-0.1, -0.05) is 78.8 Å². The van der Waals surface area contributed by atoms with Crippen molar-refractivity contribution in [1.82, 2.24) is 14.8 Å². The fraction of sp³-hybridized carbons (Fsp3) is 0.300. The summed E-state index contributed by atoms with van der Waals surface area (Å²) in [5, 5.41) is 9.72. The number of nitrogens with zero attached hydrogens (tertiary/aromatic N) is 3. The van der Waals surface area contributed by atoms with Crippen LogP contribution in [-0.2, 0) is 12.3 Å². The molecule has 25 heavy (non-hydrogen) atoms. The van der Waals surface area contributed by atoms with Crippen molar-refractivity contribution < 1.29 is 0 Å². The van der Waals surface area contributed by atoms with Crippen LogP contribution in [0.2, 0.25) is 0 Å². The molecule has 1 unspecified atom stereocenters. The van der Waals surface area contributed by atoms with Gasteiger partial charge in [0.1, 0.15) is 0 Å². The second-order valence-electron chi connectivity index (χ2n) is 6.20. The molecule has 1 aromatic heterocycles. The minimum atomic E-state index is -0.0930. The molecule has 2 N–H and O–H groups in total. The number of aryl methyl sites for hydroxylation is 1. The van der Waals surface area contributed by atoms with E-state index in [1.54, 1.807) is 11.8 Å². The predicted molar refractivity (Wildman–Crippen MR) is 104 cm³/mol.